The number of nitrogens with one attached hydrogen (secondary N) is 2. The molecule has 2 N–H and O–H groups in total. The highest BCUT2D eigenvalue weighted by molar-refractivity contribution is 5.79. The summed E-state index contributed by atoms with van der Waals surface area (Å²) in [7, 11) is 3.65. The van der Waals surface area contributed by atoms with E-state index >= 15 is 0 Å². The summed E-state index contributed by atoms with van der Waals surface area (Å²) < 4.78 is 1.75. The van der Waals surface area contributed by atoms with Gasteiger partial charge in [-0.05, 0) is 27.7 Å². The first-order valence-electron chi connectivity index (χ1n) is 7.48. The highest BCUT2D eigenvalue weighted by Crippen LogP contribution is 2.03. The molecule has 1 aromatic rings. The number of hydrogen-bond acceptors (Lipinski definition) is 4. The van der Waals surface area contributed by atoms with Crippen molar-refractivity contribution >= 4 is 5.96 Å². The summed E-state index contributed by atoms with van der Waals surface area (Å²) in [5, 5.41) is 10.6. The van der Waals surface area contributed by atoms with Gasteiger partial charge < -0.3 is 10.6 Å². The van der Waals surface area contributed by atoms with E-state index in [1.54, 1.807) is 18.1 Å². The molecule has 0 amide bonds. The minimum atomic E-state index is 0.542. The van der Waals surface area contributed by atoms with E-state index in [1.165, 1.54) is 0 Å². The van der Waals surface area contributed by atoms with Crippen LogP contribution in [0.2, 0.25) is 0 Å². The van der Waals surface area contributed by atoms with Gasteiger partial charge in [0.05, 0.1) is 6.54 Å². The van der Waals surface area contributed by atoms with Gasteiger partial charge in [0.15, 0.2) is 5.96 Å². The maximum atomic E-state index is 4.22. The second-order valence-corrected chi connectivity index (χ2v) is 5.58. The third-order valence-corrected chi connectivity index (χ3v) is 3.43. The van der Waals surface area contributed by atoms with Gasteiger partial charge in [-0.25, -0.2) is 4.98 Å². The van der Waals surface area contributed by atoms with Crippen LogP contribution in [-0.4, -0.2) is 57.8 Å². The van der Waals surface area contributed by atoms with Gasteiger partial charge in [0.1, 0.15) is 12.2 Å². The Morgan fingerprint density at radius 3 is 2.43 bits per heavy atom. The average molecular weight is 295 g/mol. The Labute approximate surface area is 127 Å². The Bertz CT molecular complexity index is 428. The summed E-state index contributed by atoms with van der Waals surface area (Å²) in [4.78, 5) is 10.8. The summed E-state index contributed by atoms with van der Waals surface area (Å²) in [5.41, 5.74) is 0. The van der Waals surface area contributed by atoms with Crippen molar-refractivity contribution in [1.29, 1.82) is 0 Å². The van der Waals surface area contributed by atoms with Crippen LogP contribution in [0.15, 0.2) is 11.3 Å². The van der Waals surface area contributed by atoms with Crippen LogP contribution in [0.5, 0.6) is 0 Å². The number of rotatable bonds is 7. The Kier molecular flexibility index (Phi) is 7.14. The molecule has 0 aromatic carbocycles. The number of guanidine groups is 1. The molecule has 0 atom stereocenters. The lowest BCUT2D eigenvalue weighted by molar-refractivity contribution is 0.178. The van der Waals surface area contributed by atoms with Gasteiger partial charge >= 0.3 is 0 Å². The van der Waals surface area contributed by atoms with Gasteiger partial charge in [0, 0.05) is 39.3 Å². The van der Waals surface area contributed by atoms with Crippen molar-refractivity contribution in [2.45, 2.75) is 46.3 Å². The second kappa shape index (κ2) is 8.61. The highest BCUT2D eigenvalue weighted by Gasteiger charge is 2.12. The van der Waals surface area contributed by atoms with Crippen LogP contribution in [0, 0.1) is 0 Å². The summed E-state index contributed by atoms with van der Waals surface area (Å²) in [5.74, 6) is 1.66. The fourth-order valence-electron chi connectivity index (χ4n) is 2.28. The van der Waals surface area contributed by atoms with Crippen molar-refractivity contribution in [1.82, 2.24) is 30.3 Å². The molecular formula is C14H29N7. The Morgan fingerprint density at radius 2 is 1.95 bits per heavy atom. The fraction of sp³-hybridized carbons (Fsp3) is 0.786. The van der Waals surface area contributed by atoms with Crippen molar-refractivity contribution < 1.29 is 0 Å². The van der Waals surface area contributed by atoms with Gasteiger partial charge in [-0.1, -0.05) is 0 Å². The number of nitrogens with zero attached hydrogens (tertiary/aromatic N) is 5. The predicted molar refractivity (Wildman–Crippen MR) is 86.2 cm³/mol. The van der Waals surface area contributed by atoms with E-state index in [2.05, 4.69) is 58.3 Å². The number of aliphatic imine (C=N–C) groups is 1. The Morgan fingerprint density at radius 1 is 1.29 bits per heavy atom. The van der Waals surface area contributed by atoms with Crippen LogP contribution >= 0.6 is 0 Å². The average Bonchev–Trinajstić information content (AvgIpc) is 2.82. The van der Waals surface area contributed by atoms with Crippen LogP contribution in [-0.2, 0) is 13.6 Å². The molecule has 7 heteroatoms. The standard InChI is InChI=1S/C14H29N7/c1-11(2)21(12(3)4)8-7-16-14(15-5)17-9-13-18-10-19-20(13)6/h10-12H,7-9H2,1-6H3,(H2,15,16,17). The Hall–Kier alpha value is -1.63. The predicted octanol–water partition coefficient (Wildman–Crippen LogP) is 0.599. The summed E-state index contributed by atoms with van der Waals surface area (Å²) in [6.45, 7) is 11.3. The molecule has 0 saturated carbocycles. The zero-order chi connectivity index (χ0) is 15.8. The van der Waals surface area contributed by atoms with Crippen molar-refractivity contribution in [3.63, 3.8) is 0 Å². The molecule has 1 aromatic heterocycles. The fourth-order valence-corrected chi connectivity index (χ4v) is 2.28. The zero-order valence-corrected chi connectivity index (χ0v) is 14.1. The first kappa shape index (κ1) is 17.4. The molecule has 0 bridgehead atoms. The monoisotopic (exact) mass is 295 g/mol. The summed E-state index contributed by atoms with van der Waals surface area (Å²) in [6.07, 6.45) is 1.55. The normalized spacial score (nSPS) is 12.5. The lowest BCUT2D eigenvalue weighted by atomic mass is 10.2. The highest BCUT2D eigenvalue weighted by atomic mass is 15.3. The minimum Gasteiger partial charge on any atom is -0.355 e. The quantitative estimate of drug-likeness (QED) is 0.569. The molecule has 0 saturated heterocycles. The lowest BCUT2D eigenvalue weighted by Gasteiger charge is -2.30. The molecule has 0 fully saturated rings. The Balaban J connectivity index is 2.36. The molecule has 21 heavy (non-hydrogen) atoms. The van der Waals surface area contributed by atoms with E-state index < -0.39 is 0 Å². The molecular weight excluding hydrogens is 266 g/mol. The van der Waals surface area contributed by atoms with E-state index in [4.69, 9.17) is 0 Å². The van der Waals surface area contributed by atoms with Crippen LogP contribution in [0.4, 0.5) is 0 Å². The third-order valence-electron chi connectivity index (χ3n) is 3.43. The van der Waals surface area contributed by atoms with Gasteiger partial charge in [-0.2, -0.15) is 5.10 Å². The molecule has 0 aliphatic heterocycles. The maximum absolute atomic E-state index is 4.22. The van der Waals surface area contributed by atoms with E-state index in [0.717, 1.165) is 24.9 Å². The molecule has 0 unspecified atom stereocenters. The van der Waals surface area contributed by atoms with Gasteiger partial charge in [0.2, 0.25) is 0 Å². The first-order valence-corrected chi connectivity index (χ1v) is 7.48. The molecule has 7 nitrogen and oxygen atoms in total. The topological polar surface area (TPSA) is 70.4 Å². The van der Waals surface area contributed by atoms with E-state index in [-0.39, 0.29) is 0 Å². The van der Waals surface area contributed by atoms with E-state index in [1.807, 2.05) is 7.05 Å². The molecule has 120 valence electrons. The molecule has 0 radical (unpaired) electrons. The smallest absolute Gasteiger partial charge is 0.191 e. The second-order valence-electron chi connectivity index (χ2n) is 5.58. The lowest BCUT2D eigenvalue weighted by Crippen LogP contribution is -2.45. The summed E-state index contributed by atoms with van der Waals surface area (Å²) >= 11 is 0. The van der Waals surface area contributed by atoms with Crippen LogP contribution in [0.3, 0.4) is 0 Å². The SMILES string of the molecule is CN=C(NCCN(C(C)C)C(C)C)NCc1ncnn1C. The number of aryl methyl sites for hydroxylation is 1. The number of aromatic nitrogens is 3. The van der Waals surface area contributed by atoms with Crippen LogP contribution in [0.1, 0.15) is 33.5 Å². The van der Waals surface area contributed by atoms with Crippen molar-refractivity contribution in [3.05, 3.63) is 12.2 Å². The largest absolute Gasteiger partial charge is 0.355 e. The van der Waals surface area contributed by atoms with E-state index in [0.29, 0.717) is 18.6 Å². The van der Waals surface area contributed by atoms with Gasteiger partial charge in [-0.15, -0.1) is 0 Å². The van der Waals surface area contributed by atoms with Crippen molar-refractivity contribution in [2.24, 2.45) is 12.0 Å². The zero-order valence-electron chi connectivity index (χ0n) is 14.1. The van der Waals surface area contributed by atoms with Gasteiger partial charge in [-0.3, -0.25) is 14.6 Å². The molecule has 1 heterocycles. The molecule has 0 aliphatic carbocycles. The van der Waals surface area contributed by atoms with Gasteiger partial charge in [0.25, 0.3) is 0 Å². The number of hydrogen-bond donors (Lipinski definition) is 2. The maximum Gasteiger partial charge on any atom is 0.191 e. The molecule has 1 rings (SSSR count). The minimum absolute atomic E-state index is 0.542. The third kappa shape index (κ3) is 5.71. The van der Waals surface area contributed by atoms with Crippen molar-refractivity contribution in [2.75, 3.05) is 20.1 Å². The molecule has 0 spiro atoms. The van der Waals surface area contributed by atoms with Crippen molar-refractivity contribution in [3.8, 4) is 0 Å². The first-order chi connectivity index (χ1) is 9.95. The summed E-state index contributed by atoms with van der Waals surface area (Å²) in [6, 6.07) is 1.08. The van der Waals surface area contributed by atoms with E-state index in [9.17, 15) is 0 Å². The van der Waals surface area contributed by atoms with Crippen LogP contribution in [0.25, 0.3) is 0 Å². The molecule has 0 aliphatic rings. The van der Waals surface area contributed by atoms with Crippen LogP contribution < -0.4 is 10.6 Å².